The largest absolute Gasteiger partial charge is 0.325 e. The van der Waals surface area contributed by atoms with Gasteiger partial charge in [0.25, 0.3) is 0 Å². The first-order valence-electron chi connectivity index (χ1n) is 10.4. The molecule has 1 saturated heterocycles. The number of nitrogens with zero attached hydrogens (tertiary/aromatic N) is 4. The van der Waals surface area contributed by atoms with Crippen molar-refractivity contribution < 1.29 is 13.2 Å². The van der Waals surface area contributed by atoms with Crippen LogP contribution in [0.1, 0.15) is 11.1 Å². The molecule has 0 aliphatic carbocycles. The number of piperazine rings is 1. The predicted octanol–water partition coefficient (Wildman–Crippen LogP) is 3.01. The van der Waals surface area contributed by atoms with Crippen LogP contribution in [0, 0.1) is 18.3 Å². The maximum Gasteiger partial charge on any atom is 0.245 e. The molecular formula is C23H22ClN5O3S. The Hall–Kier alpha value is -3.03. The van der Waals surface area contributed by atoms with Gasteiger partial charge in [0.1, 0.15) is 11.0 Å². The van der Waals surface area contributed by atoms with Crippen molar-refractivity contribution in [2.45, 2.75) is 11.8 Å². The van der Waals surface area contributed by atoms with E-state index in [1.807, 2.05) is 30.0 Å². The monoisotopic (exact) mass is 483 g/mol. The summed E-state index contributed by atoms with van der Waals surface area (Å²) in [5.74, 6) is -0.235. The molecule has 4 rings (SSSR count). The zero-order chi connectivity index (χ0) is 23.6. The summed E-state index contributed by atoms with van der Waals surface area (Å²) in [7, 11) is -3.71. The summed E-state index contributed by atoms with van der Waals surface area (Å²) in [6, 6.07) is 13.7. The number of hydrogen-bond donors (Lipinski definition) is 1. The van der Waals surface area contributed by atoms with Crippen molar-refractivity contribution in [3.63, 3.8) is 0 Å². The quantitative estimate of drug-likeness (QED) is 0.597. The van der Waals surface area contributed by atoms with Gasteiger partial charge < -0.3 is 5.32 Å². The Morgan fingerprint density at radius 2 is 1.94 bits per heavy atom. The van der Waals surface area contributed by atoms with Gasteiger partial charge in [-0.1, -0.05) is 23.7 Å². The lowest BCUT2D eigenvalue weighted by atomic mass is 10.2. The molecule has 170 valence electrons. The van der Waals surface area contributed by atoms with Crippen LogP contribution < -0.4 is 5.32 Å². The fraction of sp³-hybridized carbons (Fsp3) is 0.261. The summed E-state index contributed by atoms with van der Waals surface area (Å²) >= 11 is 6.01. The van der Waals surface area contributed by atoms with E-state index in [4.69, 9.17) is 16.9 Å². The van der Waals surface area contributed by atoms with Gasteiger partial charge in [0.05, 0.1) is 22.6 Å². The molecule has 2 aromatic carbocycles. The summed E-state index contributed by atoms with van der Waals surface area (Å²) in [6.45, 7) is 3.46. The summed E-state index contributed by atoms with van der Waals surface area (Å²) in [5, 5.41) is 12.8. The number of carbonyl (C=O) groups excluding carboxylic acids is 1. The van der Waals surface area contributed by atoms with E-state index in [9.17, 15) is 13.2 Å². The minimum atomic E-state index is -3.71. The lowest BCUT2D eigenvalue weighted by molar-refractivity contribution is -0.117. The van der Waals surface area contributed by atoms with Crippen LogP contribution in [-0.2, 0) is 14.8 Å². The number of amides is 1. The molecule has 10 heteroatoms. The second-order valence-corrected chi connectivity index (χ2v) is 10.2. The number of pyridine rings is 1. The Kier molecular flexibility index (Phi) is 6.63. The van der Waals surface area contributed by atoms with Gasteiger partial charge in [-0.05, 0) is 42.8 Å². The number of carbonyl (C=O) groups is 1. The smallest absolute Gasteiger partial charge is 0.245 e. The molecule has 0 saturated carbocycles. The Morgan fingerprint density at radius 3 is 2.64 bits per heavy atom. The third-order valence-electron chi connectivity index (χ3n) is 5.50. The van der Waals surface area contributed by atoms with Gasteiger partial charge in [0, 0.05) is 43.4 Å². The maximum absolute atomic E-state index is 13.3. The van der Waals surface area contributed by atoms with Crippen molar-refractivity contribution in [2.24, 2.45) is 0 Å². The minimum Gasteiger partial charge on any atom is -0.325 e. The normalized spacial score (nSPS) is 15.3. The molecule has 1 aliphatic rings. The number of nitrogens with one attached hydrogen (secondary N) is 1. The number of sulfonamides is 1. The number of benzene rings is 2. The predicted molar refractivity (Wildman–Crippen MR) is 126 cm³/mol. The zero-order valence-electron chi connectivity index (χ0n) is 18.0. The average molecular weight is 484 g/mol. The number of fused-ring (bicyclic) bond motifs is 1. The molecule has 1 aromatic heterocycles. The number of para-hydroxylation sites is 1. The highest BCUT2D eigenvalue weighted by Gasteiger charge is 2.30. The standard InChI is InChI=1S/C23H22ClN5O3S/c1-16-11-17-3-2-4-21(23(17)26-14-16)33(31,32)29-9-7-28(8-10-29)15-22(30)27-19-6-5-18(13-25)20(24)12-19/h2-6,11-12,14H,7-10,15H2,1H3,(H,27,30). The van der Waals surface area contributed by atoms with Gasteiger partial charge in [0.2, 0.25) is 15.9 Å². The van der Waals surface area contributed by atoms with Crippen molar-refractivity contribution in [1.29, 1.82) is 5.26 Å². The molecule has 0 bridgehead atoms. The second-order valence-electron chi connectivity index (χ2n) is 7.88. The Morgan fingerprint density at radius 1 is 1.18 bits per heavy atom. The van der Waals surface area contributed by atoms with Crippen LogP contribution in [0.15, 0.2) is 53.6 Å². The van der Waals surface area contributed by atoms with E-state index in [0.29, 0.717) is 29.9 Å². The van der Waals surface area contributed by atoms with Crippen molar-refractivity contribution in [3.8, 4) is 6.07 Å². The second kappa shape index (κ2) is 9.45. The summed E-state index contributed by atoms with van der Waals surface area (Å²) in [5.41, 5.74) is 2.27. The molecule has 8 nitrogen and oxygen atoms in total. The van der Waals surface area contributed by atoms with Gasteiger partial charge in [-0.3, -0.25) is 14.7 Å². The van der Waals surface area contributed by atoms with Crippen molar-refractivity contribution >= 4 is 44.1 Å². The Bertz CT molecular complexity index is 1360. The highest BCUT2D eigenvalue weighted by Crippen LogP contribution is 2.25. The number of halogens is 1. The van der Waals surface area contributed by atoms with Crippen LogP contribution in [0.4, 0.5) is 5.69 Å². The molecule has 1 fully saturated rings. The molecule has 2 heterocycles. The number of nitriles is 1. The van der Waals surface area contributed by atoms with Crippen molar-refractivity contribution in [3.05, 3.63) is 64.8 Å². The lowest BCUT2D eigenvalue weighted by Gasteiger charge is -2.33. The number of aryl methyl sites for hydroxylation is 1. The van der Waals surface area contributed by atoms with Crippen LogP contribution in [0.2, 0.25) is 5.02 Å². The first-order chi connectivity index (χ1) is 15.8. The van der Waals surface area contributed by atoms with Crippen molar-refractivity contribution in [2.75, 3.05) is 38.0 Å². The number of hydrogen-bond acceptors (Lipinski definition) is 6. The van der Waals surface area contributed by atoms with Crippen LogP contribution in [0.5, 0.6) is 0 Å². The van der Waals surface area contributed by atoms with Crippen LogP contribution >= 0.6 is 11.6 Å². The topological polar surface area (TPSA) is 106 Å². The Labute approximate surface area is 197 Å². The average Bonchev–Trinajstić information content (AvgIpc) is 2.79. The summed E-state index contributed by atoms with van der Waals surface area (Å²) in [4.78, 5) is 18.9. The Balaban J connectivity index is 1.39. The highest BCUT2D eigenvalue weighted by atomic mass is 35.5. The molecule has 33 heavy (non-hydrogen) atoms. The maximum atomic E-state index is 13.3. The van der Waals surface area contributed by atoms with Crippen LogP contribution in [-0.4, -0.2) is 61.2 Å². The van der Waals surface area contributed by atoms with E-state index in [2.05, 4.69) is 10.3 Å². The van der Waals surface area contributed by atoms with Crippen LogP contribution in [0.25, 0.3) is 10.9 Å². The van der Waals surface area contributed by atoms with Gasteiger partial charge >= 0.3 is 0 Å². The minimum absolute atomic E-state index is 0.126. The summed E-state index contributed by atoms with van der Waals surface area (Å²) < 4.78 is 28.0. The number of anilines is 1. The van der Waals surface area contributed by atoms with E-state index < -0.39 is 10.0 Å². The van der Waals surface area contributed by atoms with E-state index in [1.165, 1.54) is 10.4 Å². The van der Waals surface area contributed by atoms with Gasteiger partial charge in [-0.25, -0.2) is 8.42 Å². The number of rotatable bonds is 5. The molecule has 0 atom stereocenters. The van der Waals surface area contributed by atoms with E-state index in [-0.39, 0.29) is 35.5 Å². The molecule has 0 radical (unpaired) electrons. The van der Waals surface area contributed by atoms with Crippen LogP contribution in [0.3, 0.4) is 0 Å². The molecule has 0 unspecified atom stereocenters. The van der Waals surface area contributed by atoms with E-state index in [0.717, 1.165) is 10.9 Å². The van der Waals surface area contributed by atoms with Gasteiger partial charge in [0.15, 0.2) is 0 Å². The SMILES string of the molecule is Cc1cnc2c(S(=O)(=O)N3CCN(CC(=O)Nc4ccc(C#N)c(Cl)c4)CC3)cccc2c1. The molecule has 0 spiro atoms. The van der Waals surface area contributed by atoms with E-state index in [1.54, 1.807) is 30.5 Å². The van der Waals surface area contributed by atoms with Gasteiger partial charge in [-0.15, -0.1) is 0 Å². The third kappa shape index (κ3) is 4.99. The lowest BCUT2D eigenvalue weighted by Crippen LogP contribution is -2.50. The fourth-order valence-electron chi connectivity index (χ4n) is 3.81. The first-order valence-corrected chi connectivity index (χ1v) is 12.2. The summed E-state index contributed by atoms with van der Waals surface area (Å²) in [6.07, 6.45) is 1.67. The number of aromatic nitrogens is 1. The fourth-order valence-corrected chi connectivity index (χ4v) is 5.62. The van der Waals surface area contributed by atoms with Gasteiger partial charge in [-0.2, -0.15) is 9.57 Å². The molecular weight excluding hydrogens is 462 g/mol. The van der Waals surface area contributed by atoms with Crippen molar-refractivity contribution in [1.82, 2.24) is 14.2 Å². The van der Waals surface area contributed by atoms with E-state index >= 15 is 0 Å². The molecule has 1 aliphatic heterocycles. The molecule has 1 N–H and O–H groups in total. The molecule has 3 aromatic rings. The third-order valence-corrected chi connectivity index (χ3v) is 7.74. The first kappa shape index (κ1) is 23.1. The molecule has 1 amide bonds. The zero-order valence-corrected chi connectivity index (χ0v) is 19.5. The highest BCUT2D eigenvalue weighted by molar-refractivity contribution is 7.89.